The molecular formula is C32H42N8O. The van der Waals surface area contributed by atoms with E-state index < -0.39 is 0 Å². The molecule has 3 aromatic rings. The Morgan fingerprint density at radius 2 is 1.49 bits per heavy atom. The Kier molecular flexibility index (Phi) is 8.83. The van der Waals surface area contributed by atoms with E-state index in [1.54, 1.807) is 6.20 Å². The Morgan fingerprint density at radius 3 is 2.15 bits per heavy atom. The van der Waals surface area contributed by atoms with E-state index in [0.29, 0.717) is 24.3 Å². The van der Waals surface area contributed by atoms with E-state index in [0.717, 1.165) is 53.5 Å². The summed E-state index contributed by atoms with van der Waals surface area (Å²) >= 11 is 0. The van der Waals surface area contributed by atoms with Crippen LogP contribution in [0.1, 0.15) is 57.6 Å². The first-order chi connectivity index (χ1) is 19.7. The summed E-state index contributed by atoms with van der Waals surface area (Å²) < 4.78 is 5.92. The Morgan fingerprint density at radius 1 is 0.854 bits per heavy atom. The third-order valence-electron chi connectivity index (χ3n) is 7.49. The van der Waals surface area contributed by atoms with Gasteiger partial charge in [0, 0.05) is 41.4 Å². The second-order valence-corrected chi connectivity index (χ2v) is 11.9. The van der Waals surface area contributed by atoms with Crippen LogP contribution in [0.25, 0.3) is 0 Å². The number of aryl methyl sites for hydroxylation is 2. The number of hydrogen-bond acceptors (Lipinski definition) is 9. The lowest BCUT2D eigenvalue weighted by Crippen LogP contribution is -2.25. The normalized spacial score (nSPS) is 15.7. The molecule has 9 nitrogen and oxygen atoms in total. The number of aromatic nitrogens is 4. The molecule has 2 aromatic heterocycles. The number of hydrogen-bond donors (Lipinski definition) is 3. The first kappa shape index (κ1) is 28.5. The molecule has 41 heavy (non-hydrogen) atoms. The maximum Gasteiger partial charge on any atom is 0.230 e. The van der Waals surface area contributed by atoms with Crippen molar-refractivity contribution in [2.45, 2.75) is 60.3 Å². The van der Waals surface area contributed by atoms with Gasteiger partial charge in [-0.3, -0.25) is 4.90 Å². The van der Waals surface area contributed by atoms with E-state index >= 15 is 0 Å². The highest BCUT2D eigenvalue weighted by molar-refractivity contribution is 5.61. The average Bonchev–Trinajstić information content (AvgIpc) is 3.47. The third kappa shape index (κ3) is 7.82. The first-order valence-corrected chi connectivity index (χ1v) is 14.6. The van der Waals surface area contributed by atoms with E-state index in [-0.39, 0.29) is 5.41 Å². The number of likely N-dealkylation sites (tertiary alicyclic amines) is 1. The minimum atomic E-state index is 0.147. The van der Waals surface area contributed by atoms with Crippen LogP contribution in [-0.2, 0) is 0 Å². The second-order valence-electron chi connectivity index (χ2n) is 11.9. The van der Waals surface area contributed by atoms with Gasteiger partial charge < -0.3 is 20.7 Å². The quantitative estimate of drug-likeness (QED) is 0.247. The zero-order chi connectivity index (χ0) is 28.8. The molecule has 1 aliphatic heterocycles. The molecule has 2 aliphatic rings. The highest BCUT2D eigenvalue weighted by Gasteiger charge is 2.19. The number of benzene rings is 1. The van der Waals surface area contributed by atoms with E-state index in [2.05, 4.69) is 63.7 Å². The molecule has 0 radical (unpaired) electrons. The largest absolute Gasteiger partial charge is 0.492 e. The van der Waals surface area contributed by atoms with Gasteiger partial charge in [-0.1, -0.05) is 32.4 Å². The molecule has 0 spiro atoms. The summed E-state index contributed by atoms with van der Waals surface area (Å²) in [5.41, 5.74) is 5.40. The Hall–Kier alpha value is -3.98. The van der Waals surface area contributed by atoms with Crippen molar-refractivity contribution in [1.29, 1.82) is 0 Å². The summed E-state index contributed by atoms with van der Waals surface area (Å²) in [6.45, 7) is 14.8. The van der Waals surface area contributed by atoms with Gasteiger partial charge in [0.05, 0.1) is 0 Å². The molecule has 9 heteroatoms. The van der Waals surface area contributed by atoms with Gasteiger partial charge in [-0.2, -0.15) is 9.97 Å². The van der Waals surface area contributed by atoms with Crippen LogP contribution in [0.15, 0.2) is 60.1 Å². The standard InChI is InChI=1S/C32H42N8O/c1-22-20-34-31(37-28(22)35-26-10-8-9-24(19-26)32(3,4)5)39-29-23(2)21-33-30(38-29)36-25-11-13-27(14-12-25)41-18-17-40-15-6-7-16-40/h10-14,19-21H,6-9,15-18H2,1-5H3,(H3,33,34,35,36,37,38,39). The Labute approximate surface area is 243 Å². The van der Waals surface area contributed by atoms with Crippen LogP contribution in [0.4, 0.5) is 29.2 Å². The number of nitrogens with zero attached hydrogens (tertiary/aromatic N) is 5. The lowest BCUT2D eigenvalue weighted by Gasteiger charge is -2.26. The van der Waals surface area contributed by atoms with Gasteiger partial charge in [-0.05, 0) is 88.4 Å². The fraction of sp³-hybridized carbons (Fsp3) is 0.438. The fourth-order valence-corrected chi connectivity index (χ4v) is 4.94. The van der Waals surface area contributed by atoms with Crippen molar-refractivity contribution >= 4 is 29.2 Å². The van der Waals surface area contributed by atoms with Crippen LogP contribution in [0.5, 0.6) is 5.75 Å². The molecule has 216 valence electrons. The molecule has 1 aromatic carbocycles. The topological polar surface area (TPSA) is 100 Å². The lowest BCUT2D eigenvalue weighted by molar-refractivity contribution is 0.238. The highest BCUT2D eigenvalue weighted by Crippen LogP contribution is 2.33. The van der Waals surface area contributed by atoms with Crippen molar-refractivity contribution in [3.05, 3.63) is 71.2 Å². The average molecular weight is 555 g/mol. The van der Waals surface area contributed by atoms with Crippen LogP contribution in [0.2, 0.25) is 0 Å². The maximum absolute atomic E-state index is 5.92. The Balaban J connectivity index is 1.22. The monoisotopic (exact) mass is 554 g/mol. The van der Waals surface area contributed by atoms with Gasteiger partial charge in [0.25, 0.3) is 0 Å². The predicted octanol–water partition coefficient (Wildman–Crippen LogP) is 6.91. The van der Waals surface area contributed by atoms with Crippen LogP contribution < -0.4 is 20.7 Å². The SMILES string of the molecule is Cc1cnc(Nc2nc(Nc3ccc(OCCN4CCCC4)cc3)ncc2C)nc1NC1=CCCC(C(C)(C)C)=C1. The highest BCUT2D eigenvalue weighted by atomic mass is 16.5. The van der Waals surface area contributed by atoms with Gasteiger partial charge in [-0.15, -0.1) is 0 Å². The zero-order valence-electron chi connectivity index (χ0n) is 24.9. The van der Waals surface area contributed by atoms with E-state index in [1.165, 1.54) is 31.5 Å². The predicted molar refractivity (Wildman–Crippen MR) is 166 cm³/mol. The summed E-state index contributed by atoms with van der Waals surface area (Å²) in [6.07, 6.45) is 12.8. The lowest BCUT2D eigenvalue weighted by atomic mass is 9.81. The van der Waals surface area contributed by atoms with Gasteiger partial charge in [0.15, 0.2) is 0 Å². The Bertz CT molecular complexity index is 1400. The number of anilines is 5. The van der Waals surface area contributed by atoms with Crippen molar-refractivity contribution in [2.75, 3.05) is 42.2 Å². The molecule has 1 fully saturated rings. The summed E-state index contributed by atoms with van der Waals surface area (Å²) in [4.78, 5) is 20.9. The molecule has 1 saturated heterocycles. The van der Waals surface area contributed by atoms with Crippen molar-refractivity contribution in [3.8, 4) is 5.75 Å². The molecule has 1 aliphatic carbocycles. The fourth-order valence-electron chi connectivity index (χ4n) is 4.94. The van der Waals surface area contributed by atoms with Crippen LogP contribution in [0.3, 0.4) is 0 Å². The van der Waals surface area contributed by atoms with Crippen LogP contribution in [-0.4, -0.2) is 51.1 Å². The number of allylic oxidation sites excluding steroid dienone is 3. The number of ether oxygens (including phenoxy) is 1. The van der Waals surface area contributed by atoms with Crippen molar-refractivity contribution in [2.24, 2.45) is 5.41 Å². The molecule has 0 saturated carbocycles. The van der Waals surface area contributed by atoms with Gasteiger partial charge in [-0.25, -0.2) is 9.97 Å². The summed E-state index contributed by atoms with van der Waals surface area (Å²) in [7, 11) is 0. The summed E-state index contributed by atoms with van der Waals surface area (Å²) in [5, 5.41) is 10.1. The second kappa shape index (κ2) is 12.7. The molecule has 0 unspecified atom stereocenters. The van der Waals surface area contributed by atoms with Crippen molar-refractivity contribution < 1.29 is 4.74 Å². The maximum atomic E-state index is 5.92. The molecule has 5 rings (SSSR count). The van der Waals surface area contributed by atoms with Crippen LogP contribution >= 0.6 is 0 Å². The minimum Gasteiger partial charge on any atom is -0.492 e. The molecule has 3 heterocycles. The van der Waals surface area contributed by atoms with Crippen molar-refractivity contribution in [3.63, 3.8) is 0 Å². The third-order valence-corrected chi connectivity index (χ3v) is 7.49. The van der Waals surface area contributed by atoms with Crippen LogP contribution in [0, 0.1) is 19.3 Å². The zero-order valence-corrected chi connectivity index (χ0v) is 24.9. The molecule has 0 bridgehead atoms. The molecular weight excluding hydrogens is 512 g/mol. The van der Waals surface area contributed by atoms with Gasteiger partial charge in [0.1, 0.15) is 24.0 Å². The summed E-state index contributed by atoms with van der Waals surface area (Å²) in [5.74, 6) is 3.23. The first-order valence-electron chi connectivity index (χ1n) is 14.6. The summed E-state index contributed by atoms with van der Waals surface area (Å²) in [6, 6.07) is 7.88. The van der Waals surface area contributed by atoms with E-state index in [1.807, 2.05) is 44.3 Å². The van der Waals surface area contributed by atoms with Crippen molar-refractivity contribution in [1.82, 2.24) is 24.8 Å². The van der Waals surface area contributed by atoms with Gasteiger partial charge >= 0.3 is 0 Å². The number of rotatable bonds is 10. The van der Waals surface area contributed by atoms with E-state index in [4.69, 9.17) is 14.7 Å². The molecule has 3 N–H and O–H groups in total. The number of nitrogens with one attached hydrogen (secondary N) is 3. The van der Waals surface area contributed by atoms with E-state index in [9.17, 15) is 0 Å². The molecule has 0 atom stereocenters. The minimum absolute atomic E-state index is 0.147. The van der Waals surface area contributed by atoms with Gasteiger partial charge in [0.2, 0.25) is 11.9 Å². The molecule has 0 amide bonds. The smallest absolute Gasteiger partial charge is 0.230 e.